The summed E-state index contributed by atoms with van der Waals surface area (Å²) in [5, 5.41) is 20.0. The summed E-state index contributed by atoms with van der Waals surface area (Å²) in [4.78, 5) is 12.5. The fraction of sp³-hybridized carbons (Fsp3) is 0.533. The average molecular weight is 291 g/mol. The van der Waals surface area contributed by atoms with Crippen molar-refractivity contribution in [1.82, 2.24) is 0 Å². The van der Waals surface area contributed by atoms with Crippen LogP contribution in [-0.2, 0) is 4.74 Å². The number of hydrogen-bond donors (Lipinski definition) is 0. The minimum absolute atomic E-state index is 0.0888. The number of nitro benzene ring substituents is 1. The van der Waals surface area contributed by atoms with Crippen LogP contribution in [0.1, 0.15) is 32.3 Å². The Hall–Kier alpha value is -2.13. The van der Waals surface area contributed by atoms with Gasteiger partial charge in [-0.25, -0.2) is 0 Å². The first-order valence-electron chi connectivity index (χ1n) is 7.03. The highest BCUT2D eigenvalue weighted by Crippen LogP contribution is 2.27. The summed E-state index contributed by atoms with van der Waals surface area (Å²) < 4.78 is 5.14. The molecule has 0 aliphatic carbocycles. The molecule has 21 heavy (non-hydrogen) atoms. The highest BCUT2D eigenvalue weighted by Gasteiger charge is 2.20. The molecular weight excluding hydrogens is 270 g/mol. The third-order valence-electron chi connectivity index (χ3n) is 3.55. The Morgan fingerprint density at radius 2 is 2.10 bits per heavy atom. The minimum atomic E-state index is -0.529. The number of nitro groups is 1. The summed E-state index contributed by atoms with van der Waals surface area (Å²) in [6.45, 7) is 5.45. The standard InChI is InChI=1S/C15H21N3O3/c1-4-13(5-2)17(8-9-21-3)14-6-7-15(18(19)20)12(10-14)11-16/h6-7,10,13H,4-5,8-9H2,1-3H3. The molecule has 0 saturated heterocycles. The van der Waals surface area contributed by atoms with E-state index < -0.39 is 4.92 Å². The SMILES string of the molecule is CCC(CC)N(CCOC)c1ccc([N+](=O)[O-])c(C#N)c1. The summed E-state index contributed by atoms with van der Waals surface area (Å²) in [5.74, 6) is 0. The monoisotopic (exact) mass is 291 g/mol. The third-order valence-corrected chi connectivity index (χ3v) is 3.55. The predicted octanol–water partition coefficient (Wildman–Crippen LogP) is 3.11. The molecule has 0 spiro atoms. The van der Waals surface area contributed by atoms with E-state index in [4.69, 9.17) is 10.00 Å². The summed E-state index contributed by atoms with van der Waals surface area (Å²) >= 11 is 0. The van der Waals surface area contributed by atoms with Crippen LogP contribution in [-0.4, -0.2) is 31.2 Å². The van der Waals surface area contributed by atoms with E-state index in [0.29, 0.717) is 19.2 Å². The third kappa shape index (κ3) is 4.17. The molecule has 0 aromatic heterocycles. The molecule has 0 amide bonds. The Morgan fingerprint density at radius 1 is 1.43 bits per heavy atom. The molecule has 0 unspecified atom stereocenters. The zero-order chi connectivity index (χ0) is 15.8. The Morgan fingerprint density at radius 3 is 2.57 bits per heavy atom. The molecule has 114 valence electrons. The average Bonchev–Trinajstić information content (AvgIpc) is 2.50. The summed E-state index contributed by atoms with van der Waals surface area (Å²) in [6, 6.07) is 6.91. The van der Waals surface area contributed by atoms with Gasteiger partial charge in [-0.2, -0.15) is 5.26 Å². The summed E-state index contributed by atoms with van der Waals surface area (Å²) in [6.07, 6.45) is 1.91. The van der Waals surface area contributed by atoms with Gasteiger partial charge in [-0.3, -0.25) is 10.1 Å². The van der Waals surface area contributed by atoms with Crippen LogP contribution in [0.15, 0.2) is 18.2 Å². The molecule has 0 aliphatic rings. The van der Waals surface area contributed by atoms with Crippen LogP contribution in [0.3, 0.4) is 0 Å². The van der Waals surface area contributed by atoms with E-state index in [1.807, 2.05) is 6.07 Å². The van der Waals surface area contributed by atoms with Gasteiger partial charge in [0.1, 0.15) is 11.6 Å². The maximum atomic E-state index is 10.9. The van der Waals surface area contributed by atoms with Crippen molar-refractivity contribution in [2.75, 3.05) is 25.2 Å². The van der Waals surface area contributed by atoms with Crippen molar-refractivity contribution in [2.45, 2.75) is 32.7 Å². The van der Waals surface area contributed by atoms with Crippen LogP contribution >= 0.6 is 0 Å². The second kappa shape index (κ2) is 8.22. The van der Waals surface area contributed by atoms with Crippen LogP contribution in [0.4, 0.5) is 11.4 Å². The van der Waals surface area contributed by atoms with Gasteiger partial charge < -0.3 is 9.64 Å². The highest BCUT2D eigenvalue weighted by atomic mass is 16.6. The maximum Gasteiger partial charge on any atom is 0.287 e. The van der Waals surface area contributed by atoms with Crippen molar-refractivity contribution in [3.63, 3.8) is 0 Å². The minimum Gasteiger partial charge on any atom is -0.383 e. The molecule has 0 heterocycles. The van der Waals surface area contributed by atoms with Crippen LogP contribution in [0, 0.1) is 21.4 Å². The van der Waals surface area contributed by atoms with Gasteiger partial charge in [0.15, 0.2) is 0 Å². The van der Waals surface area contributed by atoms with Gasteiger partial charge in [-0.15, -0.1) is 0 Å². The molecular formula is C15H21N3O3. The molecule has 0 bridgehead atoms. The van der Waals surface area contributed by atoms with E-state index >= 15 is 0 Å². The fourth-order valence-electron chi connectivity index (χ4n) is 2.39. The van der Waals surface area contributed by atoms with E-state index in [9.17, 15) is 10.1 Å². The van der Waals surface area contributed by atoms with Crippen molar-refractivity contribution in [3.8, 4) is 6.07 Å². The Balaban J connectivity index is 3.18. The smallest absolute Gasteiger partial charge is 0.287 e. The Labute approximate surface area is 125 Å². The second-order valence-electron chi connectivity index (χ2n) is 4.73. The number of benzene rings is 1. The van der Waals surface area contributed by atoms with E-state index in [-0.39, 0.29) is 11.3 Å². The molecule has 0 atom stereocenters. The molecule has 0 aliphatic heterocycles. The summed E-state index contributed by atoms with van der Waals surface area (Å²) in [5.41, 5.74) is 0.756. The lowest BCUT2D eigenvalue weighted by molar-refractivity contribution is -0.385. The molecule has 6 heteroatoms. The molecule has 0 fully saturated rings. The molecule has 0 N–H and O–H groups in total. The number of nitrogens with zero attached hydrogens (tertiary/aromatic N) is 3. The van der Waals surface area contributed by atoms with Crippen molar-refractivity contribution in [3.05, 3.63) is 33.9 Å². The van der Waals surface area contributed by atoms with E-state index in [1.165, 1.54) is 6.07 Å². The number of methoxy groups -OCH3 is 1. The van der Waals surface area contributed by atoms with Gasteiger partial charge >= 0.3 is 0 Å². The Kier molecular flexibility index (Phi) is 6.63. The van der Waals surface area contributed by atoms with Crippen molar-refractivity contribution in [2.24, 2.45) is 0 Å². The van der Waals surface area contributed by atoms with Crippen molar-refractivity contribution < 1.29 is 9.66 Å². The largest absolute Gasteiger partial charge is 0.383 e. The van der Waals surface area contributed by atoms with Gasteiger partial charge in [-0.05, 0) is 25.0 Å². The van der Waals surface area contributed by atoms with Crippen molar-refractivity contribution >= 4 is 11.4 Å². The van der Waals surface area contributed by atoms with Crippen LogP contribution in [0.5, 0.6) is 0 Å². The lowest BCUT2D eigenvalue weighted by atomic mass is 10.1. The van der Waals surface area contributed by atoms with Crippen LogP contribution in [0.2, 0.25) is 0 Å². The topological polar surface area (TPSA) is 79.4 Å². The first-order valence-corrected chi connectivity index (χ1v) is 7.03. The fourth-order valence-corrected chi connectivity index (χ4v) is 2.39. The zero-order valence-corrected chi connectivity index (χ0v) is 12.7. The van der Waals surface area contributed by atoms with Crippen LogP contribution in [0.25, 0.3) is 0 Å². The molecule has 0 saturated carbocycles. The number of rotatable bonds is 8. The number of hydrogen-bond acceptors (Lipinski definition) is 5. The molecule has 1 aromatic rings. The first kappa shape index (κ1) is 16.9. The normalized spacial score (nSPS) is 10.4. The lowest BCUT2D eigenvalue weighted by Gasteiger charge is -2.32. The zero-order valence-electron chi connectivity index (χ0n) is 12.7. The molecule has 1 aromatic carbocycles. The molecule has 1 rings (SSSR count). The van der Waals surface area contributed by atoms with Gasteiger partial charge in [0.25, 0.3) is 5.69 Å². The predicted molar refractivity (Wildman–Crippen MR) is 81.4 cm³/mol. The quantitative estimate of drug-likeness (QED) is 0.543. The van der Waals surface area contributed by atoms with Gasteiger partial charge in [0, 0.05) is 31.5 Å². The number of anilines is 1. The van der Waals surface area contributed by atoms with Crippen molar-refractivity contribution in [1.29, 1.82) is 5.26 Å². The van der Waals surface area contributed by atoms with E-state index in [0.717, 1.165) is 18.5 Å². The maximum absolute atomic E-state index is 10.9. The van der Waals surface area contributed by atoms with Gasteiger partial charge in [0.2, 0.25) is 0 Å². The van der Waals surface area contributed by atoms with Gasteiger partial charge in [0.05, 0.1) is 11.5 Å². The van der Waals surface area contributed by atoms with Crippen LogP contribution < -0.4 is 4.90 Å². The van der Waals surface area contributed by atoms with Gasteiger partial charge in [-0.1, -0.05) is 13.8 Å². The summed E-state index contributed by atoms with van der Waals surface area (Å²) in [7, 11) is 1.64. The second-order valence-corrected chi connectivity index (χ2v) is 4.73. The number of nitriles is 1. The molecule has 6 nitrogen and oxygen atoms in total. The van der Waals surface area contributed by atoms with E-state index in [2.05, 4.69) is 18.7 Å². The highest BCUT2D eigenvalue weighted by molar-refractivity contribution is 5.60. The first-order chi connectivity index (χ1) is 10.1. The lowest BCUT2D eigenvalue weighted by Crippen LogP contribution is -2.37. The molecule has 0 radical (unpaired) electrons. The van der Waals surface area contributed by atoms with E-state index in [1.54, 1.807) is 19.2 Å². The Bertz CT molecular complexity index is 521. The number of ether oxygens (including phenoxy) is 1.